The summed E-state index contributed by atoms with van der Waals surface area (Å²) in [5, 5.41) is 0. The van der Waals surface area contributed by atoms with Crippen molar-refractivity contribution in [2.45, 2.75) is 51.5 Å². The number of hydrogen-bond donors (Lipinski definition) is 1. The van der Waals surface area contributed by atoms with Gasteiger partial charge in [0.15, 0.2) is 0 Å². The highest BCUT2D eigenvalue weighted by Gasteiger charge is 2.33. The average Bonchev–Trinajstić information content (AvgIpc) is 2.29. The van der Waals surface area contributed by atoms with Gasteiger partial charge in [-0.15, -0.1) is 0 Å². The van der Waals surface area contributed by atoms with E-state index in [2.05, 4.69) is 11.8 Å². The minimum Gasteiger partial charge on any atom is -0.392 e. The van der Waals surface area contributed by atoms with Gasteiger partial charge in [0.05, 0.1) is 11.0 Å². The molecular weight excluding hydrogens is 216 g/mol. The predicted octanol–water partition coefficient (Wildman–Crippen LogP) is 2.56. The monoisotopic (exact) mass is 240 g/mol. The van der Waals surface area contributed by atoms with Gasteiger partial charge in [-0.05, 0) is 37.6 Å². The fourth-order valence-corrected chi connectivity index (χ4v) is 3.87. The summed E-state index contributed by atoms with van der Waals surface area (Å²) in [6.45, 7) is 4.63. The van der Waals surface area contributed by atoms with Crippen LogP contribution in [0.25, 0.3) is 0 Å². The van der Waals surface area contributed by atoms with Crippen LogP contribution in [0.3, 0.4) is 0 Å². The zero-order chi connectivity index (χ0) is 11.5. The molecule has 0 aromatic carbocycles. The van der Waals surface area contributed by atoms with E-state index in [0.29, 0.717) is 11.0 Å². The average molecular weight is 240 g/mol. The van der Waals surface area contributed by atoms with Crippen molar-refractivity contribution in [2.75, 3.05) is 13.1 Å². The van der Waals surface area contributed by atoms with Gasteiger partial charge in [-0.2, -0.15) is 0 Å². The Morgan fingerprint density at radius 2 is 2.00 bits per heavy atom. The quantitative estimate of drug-likeness (QED) is 0.769. The maximum atomic E-state index is 5.84. The Morgan fingerprint density at radius 1 is 1.31 bits per heavy atom. The largest absolute Gasteiger partial charge is 0.392 e. The van der Waals surface area contributed by atoms with Gasteiger partial charge >= 0.3 is 0 Å². The summed E-state index contributed by atoms with van der Waals surface area (Å²) < 4.78 is 0. The normalized spacial score (nSPS) is 33.1. The fourth-order valence-electron chi connectivity index (χ4n) is 3.55. The van der Waals surface area contributed by atoms with Crippen LogP contribution in [0, 0.1) is 11.8 Å². The molecule has 1 saturated heterocycles. The van der Waals surface area contributed by atoms with Crippen LogP contribution in [0.2, 0.25) is 0 Å². The minimum absolute atomic E-state index is 0.345. The molecule has 2 aliphatic rings. The van der Waals surface area contributed by atoms with E-state index in [1.807, 2.05) is 0 Å². The van der Waals surface area contributed by atoms with Gasteiger partial charge in [-0.3, -0.25) is 4.90 Å². The van der Waals surface area contributed by atoms with Crippen LogP contribution in [-0.2, 0) is 0 Å². The summed E-state index contributed by atoms with van der Waals surface area (Å²) in [4.78, 5) is 3.23. The van der Waals surface area contributed by atoms with Gasteiger partial charge in [0.25, 0.3) is 0 Å². The zero-order valence-corrected chi connectivity index (χ0v) is 11.1. The van der Waals surface area contributed by atoms with E-state index in [0.717, 1.165) is 18.3 Å². The molecule has 1 aliphatic carbocycles. The van der Waals surface area contributed by atoms with Crippen LogP contribution in [0.4, 0.5) is 0 Å². The van der Waals surface area contributed by atoms with Gasteiger partial charge in [-0.25, -0.2) is 0 Å². The fraction of sp³-hybridized carbons (Fsp3) is 0.923. The van der Waals surface area contributed by atoms with Crippen LogP contribution in [-0.4, -0.2) is 29.0 Å². The number of fused-ring (bicyclic) bond motifs is 1. The number of thiocarbonyl (C=S) groups is 1. The van der Waals surface area contributed by atoms with Gasteiger partial charge in [0.1, 0.15) is 0 Å². The van der Waals surface area contributed by atoms with E-state index >= 15 is 0 Å². The third kappa shape index (κ3) is 2.57. The lowest BCUT2D eigenvalue weighted by Crippen LogP contribution is -2.50. The maximum absolute atomic E-state index is 5.84. The van der Waals surface area contributed by atoms with Gasteiger partial charge in [0, 0.05) is 6.54 Å². The van der Waals surface area contributed by atoms with Crippen LogP contribution in [0.5, 0.6) is 0 Å². The summed E-state index contributed by atoms with van der Waals surface area (Å²) in [6.07, 6.45) is 8.19. The highest BCUT2D eigenvalue weighted by atomic mass is 32.1. The summed E-state index contributed by atoms with van der Waals surface area (Å²) in [5.41, 5.74) is 5.84. The molecule has 0 bridgehead atoms. The summed E-state index contributed by atoms with van der Waals surface area (Å²) in [7, 11) is 0. The highest BCUT2D eigenvalue weighted by molar-refractivity contribution is 7.80. The van der Waals surface area contributed by atoms with Gasteiger partial charge in [-0.1, -0.05) is 38.4 Å². The van der Waals surface area contributed by atoms with Crippen molar-refractivity contribution < 1.29 is 0 Å². The van der Waals surface area contributed by atoms with E-state index in [-0.39, 0.29) is 0 Å². The van der Waals surface area contributed by atoms with Crippen LogP contribution >= 0.6 is 12.2 Å². The molecule has 0 aromatic rings. The first-order chi connectivity index (χ1) is 7.72. The molecule has 2 fully saturated rings. The first kappa shape index (κ1) is 12.3. The van der Waals surface area contributed by atoms with Crippen molar-refractivity contribution in [2.24, 2.45) is 17.6 Å². The lowest BCUT2D eigenvalue weighted by atomic mass is 9.75. The summed E-state index contributed by atoms with van der Waals surface area (Å²) in [6, 6.07) is 0.345. The lowest BCUT2D eigenvalue weighted by Gasteiger charge is -2.44. The van der Waals surface area contributed by atoms with Gasteiger partial charge in [0.2, 0.25) is 0 Å². The van der Waals surface area contributed by atoms with E-state index in [1.54, 1.807) is 0 Å². The van der Waals surface area contributed by atoms with E-state index < -0.39 is 0 Å². The molecule has 92 valence electrons. The number of nitrogens with zero attached hydrogens (tertiary/aromatic N) is 1. The second-order valence-corrected chi connectivity index (χ2v) is 5.89. The van der Waals surface area contributed by atoms with E-state index in [9.17, 15) is 0 Å². The Morgan fingerprint density at radius 3 is 2.62 bits per heavy atom. The Balaban J connectivity index is 1.95. The number of nitrogens with two attached hydrogens (primary N) is 1. The Bertz CT molecular complexity index is 254. The summed E-state index contributed by atoms with van der Waals surface area (Å²) >= 11 is 5.18. The molecular formula is C13H24N2S. The maximum Gasteiger partial charge on any atom is 0.0901 e. The van der Waals surface area contributed by atoms with Crippen LogP contribution < -0.4 is 5.73 Å². The Hall–Kier alpha value is -0.150. The van der Waals surface area contributed by atoms with Gasteiger partial charge < -0.3 is 5.73 Å². The molecule has 1 aliphatic heterocycles. The molecule has 1 heterocycles. The van der Waals surface area contributed by atoms with E-state index in [1.165, 1.54) is 45.2 Å². The molecule has 2 N–H and O–H groups in total. The predicted molar refractivity (Wildman–Crippen MR) is 72.5 cm³/mol. The highest BCUT2D eigenvalue weighted by Crippen LogP contribution is 2.36. The van der Waals surface area contributed by atoms with Crippen molar-refractivity contribution in [1.29, 1.82) is 0 Å². The molecule has 3 unspecified atom stereocenters. The number of likely N-dealkylation sites (tertiary alicyclic amines) is 1. The Kier molecular flexibility index (Phi) is 4.20. The number of piperidine rings is 1. The zero-order valence-electron chi connectivity index (χ0n) is 10.3. The lowest BCUT2D eigenvalue weighted by molar-refractivity contribution is 0.0737. The second-order valence-electron chi connectivity index (χ2n) is 5.41. The molecule has 0 spiro atoms. The number of rotatable bonds is 3. The second kappa shape index (κ2) is 5.46. The minimum atomic E-state index is 0.345. The summed E-state index contributed by atoms with van der Waals surface area (Å²) in [5.74, 6) is 1.92. The molecule has 16 heavy (non-hydrogen) atoms. The van der Waals surface area contributed by atoms with Crippen molar-refractivity contribution in [3.8, 4) is 0 Å². The van der Waals surface area contributed by atoms with Crippen molar-refractivity contribution in [3.05, 3.63) is 0 Å². The van der Waals surface area contributed by atoms with Crippen LogP contribution in [0.1, 0.15) is 45.4 Å². The topological polar surface area (TPSA) is 29.3 Å². The Labute approximate surface area is 105 Å². The molecule has 0 aromatic heterocycles. The molecule has 0 radical (unpaired) electrons. The van der Waals surface area contributed by atoms with Crippen molar-refractivity contribution in [1.82, 2.24) is 4.90 Å². The van der Waals surface area contributed by atoms with Crippen molar-refractivity contribution >= 4 is 17.2 Å². The molecule has 2 nitrogen and oxygen atoms in total. The third-order valence-corrected chi connectivity index (χ3v) is 4.75. The first-order valence-electron chi connectivity index (χ1n) is 6.75. The molecule has 1 saturated carbocycles. The molecule has 0 amide bonds. The van der Waals surface area contributed by atoms with Crippen LogP contribution in [0.15, 0.2) is 0 Å². The SMILES string of the molecule is CCC(C(N)=S)N1CCC2CCCCC2C1. The smallest absolute Gasteiger partial charge is 0.0901 e. The number of hydrogen-bond acceptors (Lipinski definition) is 2. The van der Waals surface area contributed by atoms with E-state index in [4.69, 9.17) is 18.0 Å². The van der Waals surface area contributed by atoms with Crippen molar-refractivity contribution in [3.63, 3.8) is 0 Å². The third-order valence-electron chi connectivity index (χ3n) is 4.48. The molecule has 3 atom stereocenters. The molecule has 2 rings (SSSR count). The first-order valence-corrected chi connectivity index (χ1v) is 7.16. The standard InChI is InChI=1S/C13H24N2S/c1-2-12(13(14)16)15-8-7-10-5-3-4-6-11(10)9-15/h10-12H,2-9H2,1H3,(H2,14,16). The molecule has 3 heteroatoms.